The van der Waals surface area contributed by atoms with Crippen LogP contribution >= 0.6 is 12.2 Å². The Morgan fingerprint density at radius 1 is 1.35 bits per heavy atom. The second-order valence-electron chi connectivity index (χ2n) is 5.41. The molecule has 1 aromatic rings. The minimum absolute atomic E-state index is 0.0145. The largest absolute Gasteiger partial charge is 0.389 e. The van der Waals surface area contributed by atoms with E-state index < -0.39 is 0 Å². The summed E-state index contributed by atoms with van der Waals surface area (Å²) in [7, 11) is 1.96. The molecular weight excluding hydrogens is 270 g/mol. The number of likely N-dealkylation sites (N-methyl/N-ethyl adjacent to an activating group) is 1. The number of carbonyl (C=O) groups excluding carboxylic acids is 1. The molecule has 0 spiro atoms. The molecule has 0 unspecified atom stereocenters. The van der Waals surface area contributed by atoms with Crippen LogP contribution in [0.5, 0.6) is 0 Å². The number of carbonyl (C=O) groups is 1. The summed E-state index contributed by atoms with van der Waals surface area (Å²) in [5.74, 6) is 0.632. The Hall–Kier alpha value is -1.46. The Kier molecular flexibility index (Phi) is 6.61. The third-order valence-electron chi connectivity index (χ3n) is 2.95. The van der Waals surface area contributed by atoms with Crippen LogP contribution in [0.2, 0.25) is 0 Å². The van der Waals surface area contributed by atoms with Crippen LogP contribution in [-0.4, -0.2) is 35.9 Å². The normalized spacial score (nSPS) is 10.8. The van der Waals surface area contributed by atoms with Crippen molar-refractivity contribution in [2.75, 3.05) is 25.5 Å². The lowest BCUT2D eigenvalue weighted by atomic mass is 10.1. The molecule has 0 aliphatic carbocycles. The summed E-state index contributed by atoms with van der Waals surface area (Å²) in [6.07, 6.45) is 1.09. The van der Waals surface area contributed by atoms with Gasteiger partial charge in [0.2, 0.25) is 5.91 Å². The van der Waals surface area contributed by atoms with E-state index in [1.54, 1.807) is 24.3 Å². The lowest BCUT2D eigenvalue weighted by Gasteiger charge is -2.17. The second-order valence-corrected chi connectivity index (χ2v) is 5.85. The van der Waals surface area contributed by atoms with Gasteiger partial charge in [0.1, 0.15) is 4.99 Å². The van der Waals surface area contributed by atoms with Crippen molar-refractivity contribution >= 4 is 28.8 Å². The van der Waals surface area contributed by atoms with Gasteiger partial charge >= 0.3 is 0 Å². The molecule has 5 heteroatoms. The van der Waals surface area contributed by atoms with Gasteiger partial charge in [-0.3, -0.25) is 9.69 Å². The maximum atomic E-state index is 11.9. The first-order valence-electron chi connectivity index (χ1n) is 6.76. The molecule has 1 aromatic carbocycles. The highest BCUT2D eigenvalue weighted by Crippen LogP contribution is 2.09. The average Bonchev–Trinajstić information content (AvgIpc) is 2.36. The van der Waals surface area contributed by atoms with Gasteiger partial charge in [-0.1, -0.05) is 26.1 Å². The van der Waals surface area contributed by atoms with Gasteiger partial charge in [0.05, 0.1) is 6.54 Å². The van der Waals surface area contributed by atoms with Crippen molar-refractivity contribution in [3.8, 4) is 0 Å². The Labute approximate surface area is 126 Å². The van der Waals surface area contributed by atoms with Crippen LogP contribution in [-0.2, 0) is 4.79 Å². The van der Waals surface area contributed by atoms with Crippen molar-refractivity contribution in [3.63, 3.8) is 0 Å². The minimum atomic E-state index is -0.0145. The number of amides is 1. The van der Waals surface area contributed by atoms with E-state index in [1.807, 2.05) is 11.9 Å². The maximum absolute atomic E-state index is 11.9. The van der Waals surface area contributed by atoms with Gasteiger partial charge in [-0.05, 0) is 50.2 Å². The van der Waals surface area contributed by atoms with Crippen LogP contribution in [0.4, 0.5) is 5.69 Å². The van der Waals surface area contributed by atoms with Crippen molar-refractivity contribution in [2.45, 2.75) is 20.3 Å². The van der Waals surface area contributed by atoms with Gasteiger partial charge in [0, 0.05) is 11.3 Å². The van der Waals surface area contributed by atoms with Gasteiger partial charge in [0.15, 0.2) is 0 Å². The Balaban J connectivity index is 2.43. The number of nitrogens with one attached hydrogen (secondary N) is 1. The van der Waals surface area contributed by atoms with Gasteiger partial charge < -0.3 is 11.1 Å². The van der Waals surface area contributed by atoms with E-state index in [0.717, 1.165) is 24.2 Å². The molecular formula is C15H23N3OS. The molecule has 0 atom stereocenters. The van der Waals surface area contributed by atoms with Gasteiger partial charge in [-0.2, -0.15) is 0 Å². The summed E-state index contributed by atoms with van der Waals surface area (Å²) >= 11 is 4.88. The number of rotatable bonds is 7. The molecule has 0 aliphatic rings. The predicted octanol–water partition coefficient (Wildman–Crippen LogP) is 2.24. The first-order chi connectivity index (χ1) is 9.38. The monoisotopic (exact) mass is 293 g/mol. The fourth-order valence-electron chi connectivity index (χ4n) is 1.72. The molecule has 0 radical (unpaired) electrons. The van der Waals surface area contributed by atoms with Crippen molar-refractivity contribution in [3.05, 3.63) is 29.8 Å². The molecule has 0 bridgehead atoms. The Morgan fingerprint density at radius 2 is 1.95 bits per heavy atom. The molecule has 0 aliphatic heterocycles. The number of nitrogens with zero attached hydrogens (tertiary/aromatic N) is 1. The third kappa shape index (κ3) is 6.12. The van der Waals surface area contributed by atoms with Crippen LogP contribution in [0.15, 0.2) is 24.3 Å². The van der Waals surface area contributed by atoms with Crippen LogP contribution < -0.4 is 11.1 Å². The van der Waals surface area contributed by atoms with Crippen molar-refractivity contribution in [1.82, 2.24) is 4.90 Å². The lowest BCUT2D eigenvalue weighted by molar-refractivity contribution is -0.117. The van der Waals surface area contributed by atoms with Gasteiger partial charge in [-0.25, -0.2) is 0 Å². The summed E-state index contributed by atoms with van der Waals surface area (Å²) < 4.78 is 0. The second kappa shape index (κ2) is 7.97. The number of hydrogen-bond donors (Lipinski definition) is 2. The SMILES string of the molecule is CC(C)CCN(C)CC(=O)Nc1ccc(C(N)=S)cc1. The van der Waals surface area contributed by atoms with E-state index in [2.05, 4.69) is 19.2 Å². The zero-order valence-electron chi connectivity index (χ0n) is 12.3. The average molecular weight is 293 g/mol. The molecule has 0 heterocycles. The van der Waals surface area contributed by atoms with Gasteiger partial charge in [-0.15, -0.1) is 0 Å². The zero-order chi connectivity index (χ0) is 15.1. The summed E-state index contributed by atoms with van der Waals surface area (Å²) in [4.78, 5) is 14.3. The van der Waals surface area contributed by atoms with Crippen molar-refractivity contribution < 1.29 is 4.79 Å². The van der Waals surface area contributed by atoms with E-state index in [1.165, 1.54) is 0 Å². The highest BCUT2D eigenvalue weighted by atomic mass is 32.1. The first-order valence-corrected chi connectivity index (χ1v) is 7.17. The molecule has 0 aromatic heterocycles. The summed E-state index contributed by atoms with van der Waals surface area (Å²) in [5, 5.41) is 2.86. The molecule has 0 saturated heterocycles. The quantitative estimate of drug-likeness (QED) is 0.757. The molecule has 0 fully saturated rings. The lowest BCUT2D eigenvalue weighted by Crippen LogP contribution is -2.31. The van der Waals surface area contributed by atoms with Crippen LogP contribution in [0, 0.1) is 5.92 Å². The molecule has 110 valence electrons. The smallest absolute Gasteiger partial charge is 0.238 e. The standard InChI is InChI=1S/C15H23N3OS/c1-11(2)8-9-18(3)10-14(19)17-13-6-4-12(5-7-13)15(16)20/h4-7,11H,8-10H2,1-3H3,(H2,16,20)(H,17,19). The summed E-state index contributed by atoms with van der Waals surface area (Å²) in [6, 6.07) is 7.22. The maximum Gasteiger partial charge on any atom is 0.238 e. The van der Waals surface area contributed by atoms with E-state index in [-0.39, 0.29) is 5.91 Å². The summed E-state index contributed by atoms with van der Waals surface area (Å²) in [6.45, 7) is 5.67. The molecule has 4 nitrogen and oxygen atoms in total. The van der Waals surface area contributed by atoms with E-state index in [0.29, 0.717) is 17.5 Å². The summed E-state index contributed by atoms with van der Waals surface area (Å²) in [5.41, 5.74) is 7.08. The molecule has 1 rings (SSSR count). The number of benzene rings is 1. The van der Waals surface area contributed by atoms with Crippen molar-refractivity contribution in [2.24, 2.45) is 11.7 Å². The van der Waals surface area contributed by atoms with Crippen LogP contribution in [0.3, 0.4) is 0 Å². The van der Waals surface area contributed by atoms with Crippen LogP contribution in [0.25, 0.3) is 0 Å². The molecule has 0 saturated carbocycles. The number of thiocarbonyl (C=S) groups is 1. The number of anilines is 1. The number of hydrogen-bond acceptors (Lipinski definition) is 3. The highest BCUT2D eigenvalue weighted by molar-refractivity contribution is 7.80. The van der Waals surface area contributed by atoms with E-state index in [4.69, 9.17) is 18.0 Å². The molecule has 1 amide bonds. The van der Waals surface area contributed by atoms with Crippen molar-refractivity contribution in [1.29, 1.82) is 0 Å². The van der Waals surface area contributed by atoms with Gasteiger partial charge in [0.25, 0.3) is 0 Å². The highest BCUT2D eigenvalue weighted by Gasteiger charge is 2.07. The Bertz CT molecular complexity index is 457. The Morgan fingerprint density at radius 3 is 2.45 bits per heavy atom. The molecule has 3 N–H and O–H groups in total. The number of nitrogens with two attached hydrogens (primary N) is 1. The topological polar surface area (TPSA) is 58.4 Å². The third-order valence-corrected chi connectivity index (χ3v) is 3.19. The van der Waals surface area contributed by atoms with E-state index in [9.17, 15) is 4.79 Å². The fourth-order valence-corrected chi connectivity index (χ4v) is 1.86. The van der Waals surface area contributed by atoms with E-state index >= 15 is 0 Å². The first kappa shape index (κ1) is 16.6. The predicted molar refractivity (Wildman–Crippen MR) is 87.9 cm³/mol. The van der Waals surface area contributed by atoms with Crippen LogP contribution in [0.1, 0.15) is 25.8 Å². The zero-order valence-corrected chi connectivity index (χ0v) is 13.2. The fraction of sp³-hybridized carbons (Fsp3) is 0.467. The minimum Gasteiger partial charge on any atom is -0.389 e. The molecule has 20 heavy (non-hydrogen) atoms.